The SMILES string of the molecule is CCC1CCC(c2ccc(-c3cnc(-c4ccc(C[C@H](NC(=O)c5ccc(C(C)(C)C)s5)C(=O)N5CCC[C@H]5C(=O)O)cc4)nc3)cc2)CC1. The van der Waals surface area contributed by atoms with Crippen molar-refractivity contribution < 1.29 is 19.5 Å². The fourth-order valence-electron chi connectivity index (χ4n) is 7.28. The molecule has 0 spiro atoms. The Hall–Kier alpha value is -4.37. The van der Waals surface area contributed by atoms with Crippen molar-refractivity contribution in [3.63, 3.8) is 0 Å². The molecular formula is C41H48N4O4S. The molecule has 8 nitrogen and oxygen atoms in total. The first-order chi connectivity index (χ1) is 24.0. The van der Waals surface area contributed by atoms with Gasteiger partial charge in [-0.25, -0.2) is 14.8 Å². The Balaban J connectivity index is 1.14. The summed E-state index contributed by atoms with van der Waals surface area (Å²) < 4.78 is 0. The summed E-state index contributed by atoms with van der Waals surface area (Å²) in [7, 11) is 0. The van der Waals surface area contributed by atoms with Gasteiger partial charge in [0.25, 0.3) is 5.91 Å². The predicted octanol–water partition coefficient (Wildman–Crippen LogP) is 8.27. The van der Waals surface area contributed by atoms with Crippen molar-refractivity contribution in [3.05, 3.63) is 93.9 Å². The summed E-state index contributed by atoms with van der Waals surface area (Å²) in [5.41, 5.74) is 5.05. The van der Waals surface area contributed by atoms with Gasteiger partial charge in [0.1, 0.15) is 12.1 Å². The van der Waals surface area contributed by atoms with Crippen LogP contribution in [0, 0.1) is 5.92 Å². The Morgan fingerprint density at radius 2 is 1.54 bits per heavy atom. The molecule has 50 heavy (non-hydrogen) atoms. The van der Waals surface area contributed by atoms with Crippen LogP contribution < -0.4 is 5.32 Å². The number of nitrogens with one attached hydrogen (secondary N) is 1. The molecule has 2 aromatic carbocycles. The summed E-state index contributed by atoms with van der Waals surface area (Å²) >= 11 is 1.41. The van der Waals surface area contributed by atoms with Gasteiger partial charge in [0.2, 0.25) is 5.91 Å². The molecule has 2 amide bonds. The Kier molecular flexibility index (Phi) is 10.8. The van der Waals surface area contributed by atoms with E-state index in [2.05, 4.69) is 67.2 Å². The molecule has 1 saturated heterocycles. The molecule has 0 bridgehead atoms. The zero-order valence-corrected chi connectivity index (χ0v) is 30.3. The maximum absolute atomic E-state index is 13.8. The van der Waals surface area contributed by atoms with Crippen LogP contribution in [0.3, 0.4) is 0 Å². The zero-order valence-electron chi connectivity index (χ0n) is 29.5. The number of carbonyl (C=O) groups is 3. The topological polar surface area (TPSA) is 112 Å². The monoisotopic (exact) mass is 692 g/mol. The number of benzene rings is 2. The molecule has 0 radical (unpaired) electrons. The van der Waals surface area contributed by atoms with Gasteiger partial charge in [-0.3, -0.25) is 9.59 Å². The number of aromatic nitrogens is 2. The Bertz CT molecular complexity index is 1790. The minimum absolute atomic E-state index is 0.104. The fraction of sp³-hybridized carbons (Fsp3) is 0.439. The van der Waals surface area contributed by atoms with Gasteiger partial charge in [0.15, 0.2) is 5.82 Å². The second-order valence-corrected chi connectivity index (χ2v) is 16.0. The van der Waals surface area contributed by atoms with Crippen LogP contribution in [0.25, 0.3) is 22.5 Å². The van der Waals surface area contributed by atoms with E-state index in [0.29, 0.717) is 36.0 Å². The lowest BCUT2D eigenvalue weighted by Crippen LogP contribution is -2.52. The molecule has 4 aromatic rings. The Labute approximate surface area is 299 Å². The molecule has 1 aliphatic carbocycles. The number of nitrogens with zero attached hydrogens (tertiary/aromatic N) is 3. The van der Waals surface area contributed by atoms with Crippen LogP contribution in [-0.2, 0) is 21.4 Å². The van der Waals surface area contributed by atoms with Crippen molar-refractivity contribution in [1.29, 1.82) is 0 Å². The van der Waals surface area contributed by atoms with E-state index in [4.69, 9.17) is 0 Å². The average molecular weight is 693 g/mol. The molecule has 2 aromatic heterocycles. The lowest BCUT2D eigenvalue weighted by atomic mass is 9.78. The quantitative estimate of drug-likeness (QED) is 0.173. The molecule has 3 heterocycles. The summed E-state index contributed by atoms with van der Waals surface area (Å²) in [4.78, 5) is 51.4. The molecule has 262 valence electrons. The van der Waals surface area contributed by atoms with E-state index < -0.39 is 18.1 Å². The maximum Gasteiger partial charge on any atom is 0.326 e. The normalized spacial score (nSPS) is 20.0. The minimum Gasteiger partial charge on any atom is -0.480 e. The van der Waals surface area contributed by atoms with E-state index in [9.17, 15) is 19.5 Å². The van der Waals surface area contributed by atoms with Crippen LogP contribution in [0.1, 0.15) is 104 Å². The van der Waals surface area contributed by atoms with Gasteiger partial charge in [0, 0.05) is 41.4 Å². The Morgan fingerprint density at radius 3 is 2.14 bits per heavy atom. The van der Waals surface area contributed by atoms with E-state index in [1.165, 1.54) is 53.9 Å². The number of thiophene rings is 1. The number of hydrogen-bond acceptors (Lipinski definition) is 6. The van der Waals surface area contributed by atoms with E-state index >= 15 is 0 Å². The lowest BCUT2D eigenvalue weighted by Gasteiger charge is -2.28. The van der Waals surface area contributed by atoms with Crippen LogP contribution in [0.2, 0.25) is 0 Å². The number of carboxylic acid groups (broad SMARTS) is 1. The van der Waals surface area contributed by atoms with Crippen molar-refractivity contribution in [2.45, 2.75) is 102 Å². The summed E-state index contributed by atoms with van der Waals surface area (Å²) in [6.45, 7) is 8.92. The molecule has 2 fully saturated rings. The van der Waals surface area contributed by atoms with Crippen LogP contribution in [0.4, 0.5) is 0 Å². The van der Waals surface area contributed by atoms with Gasteiger partial charge in [-0.1, -0.05) is 82.6 Å². The third kappa shape index (κ3) is 8.15. The number of carboxylic acids is 1. The molecule has 9 heteroatoms. The Morgan fingerprint density at radius 1 is 0.880 bits per heavy atom. The second-order valence-electron chi connectivity index (χ2n) is 14.9. The van der Waals surface area contributed by atoms with Gasteiger partial charge in [0.05, 0.1) is 4.88 Å². The third-order valence-electron chi connectivity index (χ3n) is 10.4. The van der Waals surface area contributed by atoms with Crippen LogP contribution in [0.15, 0.2) is 73.1 Å². The smallest absolute Gasteiger partial charge is 0.326 e. The first-order valence-corrected chi connectivity index (χ1v) is 18.8. The zero-order chi connectivity index (χ0) is 35.4. The fourth-order valence-corrected chi connectivity index (χ4v) is 8.25. The summed E-state index contributed by atoms with van der Waals surface area (Å²) in [5.74, 6) is 0.399. The van der Waals surface area contributed by atoms with Gasteiger partial charge in [-0.05, 0) is 84.6 Å². The van der Waals surface area contributed by atoms with Crippen molar-refractivity contribution in [3.8, 4) is 22.5 Å². The van der Waals surface area contributed by atoms with Crippen LogP contribution >= 0.6 is 11.3 Å². The molecular weight excluding hydrogens is 645 g/mol. The largest absolute Gasteiger partial charge is 0.480 e. The van der Waals surface area contributed by atoms with Crippen molar-refractivity contribution in [2.75, 3.05) is 6.54 Å². The molecule has 1 saturated carbocycles. The number of carbonyl (C=O) groups excluding carboxylic acids is 2. The van der Waals surface area contributed by atoms with Crippen molar-refractivity contribution in [2.24, 2.45) is 5.92 Å². The van der Waals surface area contributed by atoms with Gasteiger partial charge in [-0.15, -0.1) is 11.3 Å². The molecule has 1 aliphatic heterocycles. The number of amides is 2. The lowest BCUT2D eigenvalue weighted by molar-refractivity contribution is -0.148. The van der Waals surface area contributed by atoms with Gasteiger partial charge in [-0.2, -0.15) is 0 Å². The van der Waals surface area contributed by atoms with E-state index in [-0.39, 0.29) is 23.7 Å². The summed E-state index contributed by atoms with van der Waals surface area (Å²) in [6, 6.07) is 18.4. The second kappa shape index (κ2) is 15.3. The predicted molar refractivity (Wildman–Crippen MR) is 198 cm³/mol. The first-order valence-electron chi connectivity index (χ1n) is 18.0. The number of hydrogen-bond donors (Lipinski definition) is 2. The maximum atomic E-state index is 13.8. The third-order valence-corrected chi connectivity index (χ3v) is 11.9. The van der Waals surface area contributed by atoms with Gasteiger partial charge >= 0.3 is 5.97 Å². The van der Waals surface area contributed by atoms with Crippen molar-refractivity contribution in [1.82, 2.24) is 20.2 Å². The molecule has 0 unspecified atom stereocenters. The van der Waals surface area contributed by atoms with E-state index in [0.717, 1.165) is 33.0 Å². The average Bonchev–Trinajstić information content (AvgIpc) is 3.83. The highest BCUT2D eigenvalue weighted by atomic mass is 32.1. The first kappa shape index (κ1) is 35.5. The standard InChI is InChI=1S/C41H48N4O4S/c1-5-26-8-12-28(13-9-26)29-16-18-30(19-17-29)32-24-42-37(43-25-32)31-14-10-27(11-15-31)23-33(39(47)45-22-6-7-34(45)40(48)49)44-38(46)35-20-21-36(50-35)41(2,3)4/h10-11,14-21,24-26,28,33-34H,5-9,12-13,22-23H2,1-4H3,(H,44,46)(H,48,49)/t26?,28?,33-,34-/m0/s1. The van der Waals surface area contributed by atoms with Crippen molar-refractivity contribution >= 4 is 29.1 Å². The van der Waals surface area contributed by atoms with E-state index in [1.807, 2.05) is 42.7 Å². The molecule has 2 N–H and O–H groups in total. The molecule has 6 rings (SSSR count). The minimum atomic E-state index is -1.02. The highest BCUT2D eigenvalue weighted by Gasteiger charge is 2.38. The summed E-state index contributed by atoms with van der Waals surface area (Å²) in [6.07, 6.45) is 11.4. The van der Waals surface area contributed by atoms with Crippen LogP contribution in [-0.4, -0.2) is 56.4 Å². The van der Waals surface area contributed by atoms with Gasteiger partial charge < -0.3 is 15.3 Å². The number of aliphatic carboxylic acids is 1. The van der Waals surface area contributed by atoms with Crippen LogP contribution in [0.5, 0.6) is 0 Å². The van der Waals surface area contributed by atoms with E-state index in [1.54, 1.807) is 6.07 Å². The summed E-state index contributed by atoms with van der Waals surface area (Å²) in [5, 5.41) is 12.7. The highest BCUT2D eigenvalue weighted by Crippen LogP contribution is 2.37. The highest BCUT2D eigenvalue weighted by molar-refractivity contribution is 7.14. The molecule has 2 atom stereocenters. The number of likely N-dealkylation sites (tertiary alicyclic amines) is 1. The number of rotatable bonds is 10. The molecule has 2 aliphatic rings.